The maximum Gasteiger partial charge on any atom is 0.224 e. The van der Waals surface area contributed by atoms with Crippen LogP contribution >= 0.6 is 0 Å². The van der Waals surface area contributed by atoms with Crippen LogP contribution in [-0.4, -0.2) is 38.4 Å². The minimum atomic E-state index is 0.108. The van der Waals surface area contributed by atoms with Crippen LogP contribution < -0.4 is 5.32 Å². The van der Waals surface area contributed by atoms with Gasteiger partial charge in [-0.3, -0.25) is 4.79 Å². The molecule has 2 heterocycles. The molecule has 2 fully saturated rings. The van der Waals surface area contributed by atoms with Gasteiger partial charge in [0.05, 0.1) is 13.0 Å². The van der Waals surface area contributed by atoms with Crippen molar-refractivity contribution in [3.05, 3.63) is 60.2 Å². The SMILES string of the molecule is O=C(Cc1ccc(-c2ccccc2)cc1)N[C@@H]1CCOC[C@@H]1C1CCOCC1. The Morgan fingerprint density at radius 1 is 0.857 bits per heavy atom. The Morgan fingerprint density at radius 2 is 1.54 bits per heavy atom. The van der Waals surface area contributed by atoms with Crippen LogP contribution in [0.25, 0.3) is 11.1 Å². The summed E-state index contributed by atoms with van der Waals surface area (Å²) in [6.45, 7) is 3.14. The second-order valence-corrected chi connectivity index (χ2v) is 7.89. The number of carbonyl (C=O) groups excluding carboxylic acids is 1. The van der Waals surface area contributed by atoms with Crippen LogP contribution in [0.15, 0.2) is 54.6 Å². The van der Waals surface area contributed by atoms with Crippen molar-refractivity contribution >= 4 is 5.91 Å². The van der Waals surface area contributed by atoms with E-state index < -0.39 is 0 Å². The zero-order chi connectivity index (χ0) is 19.2. The first-order chi connectivity index (χ1) is 13.8. The van der Waals surface area contributed by atoms with Crippen LogP contribution in [0.4, 0.5) is 0 Å². The summed E-state index contributed by atoms with van der Waals surface area (Å²) >= 11 is 0. The number of benzene rings is 2. The minimum Gasteiger partial charge on any atom is -0.381 e. The summed E-state index contributed by atoms with van der Waals surface area (Å²) in [4.78, 5) is 12.7. The average Bonchev–Trinajstić information content (AvgIpc) is 2.76. The first-order valence-electron chi connectivity index (χ1n) is 10.4. The van der Waals surface area contributed by atoms with E-state index in [0.29, 0.717) is 18.3 Å². The van der Waals surface area contributed by atoms with Gasteiger partial charge >= 0.3 is 0 Å². The van der Waals surface area contributed by atoms with Gasteiger partial charge in [0.1, 0.15) is 0 Å². The third-order valence-corrected chi connectivity index (χ3v) is 6.04. The highest BCUT2D eigenvalue weighted by atomic mass is 16.5. The van der Waals surface area contributed by atoms with E-state index in [9.17, 15) is 4.79 Å². The lowest BCUT2D eigenvalue weighted by Crippen LogP contribution is -2.49. The predicted octanol–water partition coefficient (Wildman–Crippen LogP) is 3.84. The molecule has 0 saturated carbocycles. The van der Waals surface area contributed by atoms with Gasteiger partial charge in [-0.25, -0.2) is 0 Å². The van der Waals surface area contributed by atoms with Crippen molar-refractivity contribution in [2.75, 3.05) is 26.4 Å². The van der Waals surface area contributed by atoms with Gasteiger partial charge in [0.15, 0.2) is 0 Å². The van der Waals surface area contributed by atoms with Gasteiger partial charge in [0, 0.05) is 31.8 Å². The molecule has 0 spiro atoms. The molecule has 0 bridgehead atoms. The van der Waals surface area contributed by atoms with Gasteiger partial charge in [-0.1, -0.05) is 54.6 Å². The van der Waals surface area contributed by atoms with Crippen molar-refractivity contribution in [2.45, 2.75) is 31.7 Å². The molecule has 2 aromatic carbocycles. The largest absolute Gasteiger partial charge is 0.381 e. The van der Waals surface area contributed by atoms with Gasteiger partial charge in [0.2, 0.25) is 5.91 Å². The third-order valence-electron chi connectivity index (χ3n) is 6.04. The standard InChI is InChI=1S/C24H29NO3/c26-24(16-18-6-8-20(9-7-18)19-4-2-1-3-5-19)25-23-12-15-28-17-22(23)21-10-13-27-14-11-21/h1-9,21-23H,10-17H2,(H,25,26)/t22-,23-/m1/s1. The Kier molecular flexibility index (Phi) is 6.40. The molecule has 4 heteroatoms. The molecular formula is C24H29NO3. The van der Waals surface area contributed by atoms with Crippen molar-refractivity contribution in [1.29, 1.82) is 0 Å². The highest BCUT2D eigenvalue weighted by molar-refractivity contribution is 5.79. The van der Waals surface area contributed by atoms with Crippen molar-refractivity contribution in [3.8, 4) is 11.1 Å². The number of rotatable bonds is 5. The van der Waals surface area contributed by atoms with Crippen LogP contribution in [0.1, 0.15) is 24.8 Å². The fourth-order valence-electron chi connectivity index (χ4n) is 4.44. The average molecular weight is 380 g/mol. The minimum absolute atomic E-state index is 0.108. The summed E-state index contributed by atoms with van der Waals surface area (Å²) in [7, 11) is 0. The smallest absolute Gasteiger partial charge is 0.224 e. The Labute approximate surface area is 167 Å². The van der Waals surface area contributed by atoms with Crippen molar-refractivity contribution in [1.82, 2.24) is 5.32 Å². The van der Waals surface area contributed by atoms with E-state index >= 15 is 0 Å². The van der Waals surface area contributed by atoms with E-state index in [0.717, 1.165) is 51.3 Å². The molecule has 28 heavy (non-hydrogen) atoms. The number of hydrogen-bond donors (Lipinski definition) is 1. The number of amides is 1. The number of ether oxygens (including phenoxy) is 2. The zero-order valence-electron chi connectivity index (χ0n) is 16.3. The van der Waals surface area contributed by atoms with Crippen molar-refractivity contribution in [2.24, 2.45) is 11.8 Å². The normalized spacial score (nSPS) is 23.3. The summed E-state index contributed by atoms with van der Waals surface area (Å²) in [5, 5.41) is 3.30. The van der Waals surface area contributed by atoms with Gasteiger partial charge in [-0.15, -0.1) is 0 Å². The van der Waals surface area contributed by atoms with Gasteiger partial charge in [-0.05, 0) is 41.9 Å². The Hall–Kier alpha value is -2.17. The van der Waals surface area contributed by atoms with Gasteiger partial charge < -0.3 is 14.8 Å². The molecule has 2 aliphatic heterocycles. The molecule has 1 N–H and O–H groups in total. The first-order valence-corrected chi connectivity index (χ1v) is 10.4. The predicted molar refractivity (Wildman–Crippen MR) is 110 cm³/mol. The van der Waals surface area contributed by atoms with Crippen LogP contribution in [0, 0.1) is 11.8 Å². The molecule has 0 aromatic heterocycles. The zero-order valence-corrected chi connectivity index (χ0v) is 16.3. The van der Waals surface area contributed by atoms with E-state index in [2.05, 4.69) is 41.7 Å². The Balaban J connectivity index is 1.35. The first kappa shape index (κ1) is 19.2. The fraction of sp³-hybridized carbons (Fsp3) is 0.458. The maximum absolute atomic E-state index is 12.7. The molecular weight excluding hydrogens is 350 g/mol. The highest BCUT2D eigenvalue weighted by Gasteiger charge is 2.34. The summed E-state index contributed by atoms with van der Waals surface area (Å²) in [5.41, 5.74) is 3.42. The molecule has 2 aliphatic rings. The molecule has 4 nitrogen and oxygen atoms in total. The lowest BCUT2D eigenvalue weighted by atomic mass is 9.79. The van der Waals surface area contributed by atoms with E-state index in [1.165, 1.54) is 11.1 Å². The third kappa shape index (κ3) is 4.81. The quantitative estimate of drug-likeness (QED) is 0.859. The van der Waals surface area contributed by atoms with Crippen LogP contribution in [0.5, 0.6) is 0 Å². The number of hydrogen-bond acceptors (Lipinski definition) is 3. The Morgan fingerprint density at radius 3 is 2.29 bits per heavy atom. The van der Waals surface area contributed by atoms with E-state index in [1.54, 1.807) is 0 Å². The second-order valence-electron chi connectivity index (χ2n) is 7.89. The molecule has 2 atom stereocenters. The second kappa shape index (κ2) is 9.35. The summed E-state index contributed by atoms with van der Waals surface area (Å²) in [6.07, 6.45) is 3.47. The molecule has 148 valence electrons. The lowest BCUT2D eigenvalue weighted by molar-refractivity contribution is -0.123. The number of carbonyl (C=O) groups is 1. The molecule has 1 amide bonds. The van der Waals surface area contributed by atoms with E-state index in [4.69, 9.17) is 9.47 Å². The molecule has 0 aliphatic carbocycles. The van der Waals surface area contributed by atoms with E-state index in [-0.39, 0.29) is 11.9 Å². The summed E-state index contributed by atoms with van der Waals surface area (Å²) in [5.74, 6) is 1.10. The van der Waals surface area contributed by atoms with Crippen molar-refractivity contribution in [3.63, 3.8) is 0 Å². The van der Waals surface area contributed by atoms with E-state index in [1.807, 2.05) is 18.2 Å². The highest BCUT2D eigenvalue weighted by Crippen LogP contribution is 2.30. The number of nitrogens with one attached hydrogen (secondary N) is 1. The lowest BCUT2D eigenvalue weighted by Gasteiger charge is -2.39. The topological polar surface area (TPSA) is 47.6 Å². The van der Waals surface area contributed by atoms with Gasteiger partial charge in [-0.2, -0.15) is 0 Å². The van der Waals surface area contributed by atoms with Crippen LogP contribution in [0.2, 0.25) is 0 Å². The molecule has 4 rings (SSSR count). The maximum atomic E-state index is 12.7. The van der Waals surface area contributed by atoms with Crippen molar-refractivity contribution < 1.29 is 14.3 Å². The molecule has 0 unspecified atom stereocenters. The monoisotopic (exact) mass is 379 g/mol. The Bertz CT molecular complexity index is 753. The fourth-order valence-corrected chi connectivity index (χ4v) is 4.44. The molecule has 0 radical (unpaired) electrons. The van der Waals surface area contributed by atoms with Gasteiger partial charge in [0.25, 0.3) is 0 Å². The van der Waals surface area contributed by atoms with Crippen LogP contribution in [-0.2, 0) is 20.7 Å². The molecule has 2 saturated heterocycles. The summed E-state index contributed by atoms with van der Waals surface area (Å²) < 4.78 is 11.2. The summed E-state index contributed by atoms with van der Waals surface area (Å²) in [6, 6.07) is 18.8. The van der Waals surface area contributed by atoms with Crippen LogP contribution in [0.3, 0.4) is 0 Å². The molecule has 2 aromatic rings.